The second-order valence-electron chi connectivity index (χ2n) is 7.56. The molecule has 0 unspecified atom stereocenters. The van der Waals surface area contributed by atoms with Gasteiger partial charge in [0.2, 0.25) is 0 Å². The Labute approximate surface area is 297 Å². The minimum absolute atomic E-state index is 0.0303. The van der Waals surface area contributed by atoms with Crippen molar-refractivity contribution in [2.24, 2.45) is 0 Å². The fraction of sp³-hybridized carbons (Fsp3) is 0. The maximum atomic E-state index is 6.73. The molecule has 4 rings (SSSR count). The standard InChI is InChI=1S/C24H3Cl15/c25-10-7(11(26)17(32)22(37)16(10)31)4-2-1-3-5(8-12(27)18(33)23(38)19(34)13(8)28)6(4)9-14(29)20(35)24(39)21(36)15(9)30/h1-3H. The van der Waals surface area contributed by atoms with Crippen LogP contribution in [-0.2, 0) is 0 Å². The van der Waals surface area contributed by atoms with Gasteiger partial charge in [0.1, 0.15) is 0 Å². The van der Waals surface area contributed by atoms with Crippen LogP contribution < -0.4 is 0 Å². The Kier molecular flexibility index (Phi) is 10.8. The van der Waals surface area contributed by atoms with Crippen LogP contribution in [0.4, 0.5) is 0 Å². The first-order valence-corrected chi connectivity index (χ1v) is 15.5. The zero-order chi connectivity index (χ0) is 29.2. The smallest absolute Gasteiger partial charge is 0.0809 e. The first kappa shape index (κ1) is 33.1. The molecule has 39 heavy (non-hydrogen) atoms. The number of rotatable bonds is 3. The van der Waals surface area contributed by atoms with Gasteiger partial charge >= 0.3 is 0 Å². The molecule has 4 aromatic carbocycles. The van der Waals surface area contributed by atoms with Gasteiger partial charge < -0.3 is 0 Å². The molecular formula is C24H3Cl15. The van der Waals surface area contributed by atoms with Crippen LogP contribution in [0.1, 0.15) is 0 Å². The van der Waals surface area contributed by atoms with E-state index in [2.05, 4.69) is 0 Å². The Morgan fingerprint density at radius 2 is 0.436 bits per heavy atom. The summed E-state index contributed by atoms with van der Waals surface area (Å²) < 4.78 is 0. The molecule has 0 saturated carbocycles. The van der Waals surface area contributed by atoms with Crippen molar-refractivity contribution in [3.63, 3.8) is 0 Å². The van der Waals surface area contributed by atoms with Crippen molar-refractivity contribution in [1.29, 1.82) is 0 Å². The van der Waals surface area contributed by atoms with Crippen LogP contribution in [0.2, 0.25) is 75.3 Å². The summed E-state index contributed by atoms with van der Waals surface area (Å²) in [5.74, 6) is 0. The van der Waals surface area contributed by atoms with Gasteiger partial charge in [0, 0.05) is 22.3 Å². The second-order valence-corrected chi connectivity index (χ2v) is 13.2. The lowest BCUT2D eigenvalue weighted by Gasteiger charge is -2.23. The molecule has 0 amide bonds. The first-order valence-electron chi connectivity index (χ1n) is 9.83. The van der Waals surface area contributed by atoms with Crippen LogP contribution in [0.3, 0.4) is 0 Å². The number of halogens is 15. The van der Waals surface area contributed by atoms with Gasteiger partial charge in [-0.05, 0) is 11.1 Å². The average Bonchev–Trinajstić information content (AvgIpc) is 2.92. The van der Waals surface area contributed by atoms with Crippen LogP contribution in [0.25, 0.3) is 33.4 Å². The highest BCUT2D eigenvalue weighted by Crippen LogP contribution is 2.58. The van der Waals surface area contributed by atoms with Crippen molar-refractivity contribution in [2.45, 2.75) is 0 Å². The van der Waals surface area contributed by atoms with E-state index in [0.29, 0.717) is 11.1 Å². The van der Waals surface area contributed by atoms with E-state index in [9.17, 15) is 0 Å². The van der Waals surface area contributed by atoms with E-state index in [1.807, 2.05) is 0 Å². The molecule has 0 saturated heterocycles. The third kappa shape index (κ3) is 5.52. The lowest BCUT2D eigenvalue weighted by Crippen LogP contribution is -1.97. The van der Waals surface area contributed by atoms with Gasteiger partial charge in [-0.1, -0.05) is 192 Å². The summed E-state index contributed by atoms with van der Waals surface area (Å²) in [7, 11) is 0. The maximum Gasteiger partial charge on any atom is 0.0809 e. The monoisotopic (exact) mass is 816 g/mol. The topological polar surface area (TPSA) is 0 Å². The second kappa shape index (κ2) is 12.7. The van der Waals surface area contributed by atoms with Gasteiger partial charge in [-0.15, -0.1) is 0 Å². The molecule has 0 heterocycles. The average molecular weight is 823 g/mol. The lowest BCUT2D eigenvalue weighted by molar-refractivity contribution is 1.55. The van der Waals surface area contributed by atoms with Crippen molar-refractivity contribution in [1.82, 2.24) is 0 Å². The first-order chi connectivity index (χ1) is 18.1. The fourth-order valence-electron chi connectivity index (χ4n) is 3.75. The van der Waals surface area contributed by atoms with Crippen molar-refractivity contribution in [2.75, 3.05) is 0 Å². The van der Waals surface area contributed by atoms with Gasteiger partial charge in [0.05, 0.1) is 75.3 Å². The molecule has 0 aromatic heterocycles. The summed E-state index contributed by atoms with van der Waals surface area (Å²) in [5.41, 5.74) is 1.30. The zero-order valence-electron chi connectivity index (χ0n) is 17.9. The Morgan fingerprint density at radius 3 is 0.692 bits per heavy atom. The van der Waals surface area contributed by atoms with E-state index in [1.54, 1.807) is 18.2 Å². The molecule has 0 aliphatic rings. The van der Waals surface area contributed by atoms with E-state index >= 15 is 0 Å². The van der Waals surface area contributed by atoms with Crippen molar-refractivity contribution >= 4 is 174 Å². The summed E-state index contributed by atoms with van der Waals surface area (Å²) >= 11 is 97.3. The molecule has 15 heteroatoms. The molecule has 0 spiro atoms. The van der Waals surface area contributed by atoms with E-state index < -0.39 is 0 Å². The Balaban J connectivity index is 2.34. The number of benzene rings is 4. The van der Waals surface area contributed by atoms with Crippen LogP contribution in [0, 0.1) is 0 Å². The molecule has 4 aromatic rings. The summed E-state index contributed by atoms with van der Waals surface area (Å²) in [6.45, 7) is 0. The Bertz CT molecular complexity index is 1530. The number of hydrogen-bond acceptors (Lipinski definition) is 0. The molecule has 0 atom stereocenters. The predicted molar refractivity (Wildman–Crippen MR) is 178 cm³/mol. The highest BCUT2D eigenvalue weighted by Gasteiger charge is 2.31. The molecule has 0 nitrogen and oxygen atoms in total. The highest BCUT2D eigenvalue weighted by atomic mass is 35.5. The van der Waals surface area contributed by atoms with Gasteiger partial charge in [0.15, 0.2) is 0 Å². The third-order valence-corrected chi connectivity index (χ3v) is 12.3. The quantitative estimate of drug-likeness (QED) is 0.143. The predicted octanol–water partition coefficient (Wildman–Crippen LogP) is 16.5. The molecule has 0 bridgehead atoms. The van der Waals surface area contributed by atoms with E-state index in [1.165, 1.54) is 0 Å². The van der Waals surface area contributed by atoms with Crippen molar-refractivity contribution < 1.29 is 0 Å². The molecule has 0 radical (unpaired) electrons. The maximum absolute atomic E-state index is 6.73. The van der Waals surface area contributed by atoms with Crippen LogP contribution in [0.5, 0.6) is 0 Å². The summed E-state index contributed by atoms with van der Waals surface area (Å²) in [6, 6.07) is 4.91. The number of hydrogen-bond donors (Lipinski definition) is 0. The van der Waals surface area contributed by atoms with E-state index in [-0.39, 0.29) is 97.6 Å². The fourth-order valence-corrected chi connectivity index (χ4v) is 7.76. The molecular weight excluding hydrogens is 820 g/mol. The summed E-state index contributed by atoms with van der Waals surface area (Å²) in [6.07, 6.45) is 0. The Hall–Kier alpha value is 1.23. The highest BCUT2D eigenvalue weighted by molar-refractivity contribution is 6.59. The van der Waals surface area contributed by atoms with Crippen molar-refractivity contribution in [3.05, 3.63) is 93.5 Å². The minimum Gasteiger partial charge on any atom is -0.0819 e. The van der Waals surface area contributed by atoms with Crippen LogP contribution in [-0.4, -0.2) is 0 Å². The molecule has 204 valence electrons. The van der Waals surface area contributed by atoms with Gasteiger partial charge in [0.25, 0.3) is 0 Å². The van der Waals surface area contributed by atoms with Gasteiger partial charge in [-0.25, -0.2) is 0 Å². The van der Waals surface area contributed by atoms with Crippen LogP contribution >= 0.6 is 174 Å². The molecule has 0 aliphatic heterocycles. The van der Waals surface area contributed by atoms with Crippen LogP contribution in [0.15, 0.2) is 18.2 Å². The molecule has 0 aliphatic carbocycles. The third-order valence-electron chi connectivity index (χ3n) is 5.48. The largest absolute Gasteiger partial charge is 0.0819 e. The normalized spacial score (nSPS) is 11.5. The summed E-state index contributed by atoms with van der Waals surface area (Å²) in [4.78, 5) is 0. The molecule has 0 fully saturated rings. The molecule has 0 N–H and O–H groups in total. The zero-order valence-corrected chi connectivity index (χ0v) is 29.2. The SMILES string of the molecule is Clc1c(Cl)c(Cl)c(-c2cccc(-c3c(Cl)c(Cl)c(Cl)c(Cl)c3Cl)c2-c2c(Cl)c(Cl)c(Cl)c(Cl)c2Cl)c(Cl)c1Cl. The summed E-state index contributed by atoms with van der Waals surface area (Å²) in [5, 5.41) is -0.833. The van der Waals surface area contributed by atoms with Crippen molar-refractivity contribution in [3.8, 4) is 33.4 Å². The lowest BCUT2D eigenvalue weighted by atomic mass is 9.87. The van der Waals surface area contributed by atoms with Gasteiger partial charge in [-0.2, -0.15) is 0 Å². The van der Waals surface area contributed by atoms with E-state index in [4.69, 9.17) is 174 Å². The minimum atomic E-state index is -0.0859. The van der Waals surface area contributed by atoms with Gasteiger partial charge in [-0.3, -0.25) is 0 Å². The Morgan fingerprint density at radius 1 is 0.231 bits per heavy atom. The van der Waals surface area contributed by atoms with E-state index in [0.717, 1.165) is 0 Å².